The zero-order valence-corrected chi connectivity index (χ0v) is 17.0. The molecule has 0 radical (unpaired) electrons. The van der Waals surface area contributed by atoms with Gasteiger partial charge in [-0.15, -0.1) is 0 Å². The minimum Gasteiger partial charge on any atom is -0.507 e. The van der Waals surface area contributed by atoms with E-state index in [0.717, 1.165) is 30.1 Å². The molecular formula is C22H31N3O2. The Balaban J connectivity index is 2.11. The number of ether oxygens (including phenoxy) is 1. The summed E-state index contributed by atoms with van der Waals surface area (Å²) in [4.78, 5) is 8.93. The van der Waals surface area contributed by atoms with Gasteiger partial charge >= 0.3 is 0 Å². The molecule has 2 rings (SSSR count). The van der Waals surface area contributed by atoms with E-state index in [0.29, 0.717) is 6.54 Å². The summed E-state index contributed by atoms with van der Waals surface area (Å²) in [5.74, 6) is 1.10. The summed E-state index contributed by atoms with van der Waals surface area (Å²) in [6.07, 6.45) is 1.75. The first-order valence-electron chi connectivity index (χ1n) is 9.38. The Bertz CT molecular complexity index is 738. The van der Waals surface area contributed by atoms with E-state index in [2.05, 4.69) is 40.8 Å². The van der Waals surface area contributed by atoms with Crippen LogP contribution in [0.3, 0.4) is 0 Å². The number of methoxy groups -OCH3 is 1. The lowest BCUT2D eigenvalue weighted by atomic mass is 10.1. The van der Waals surface area contributed by atoms with E-state index in [9.17, 15) is 5.11 Å². The van der Waals surface area contributed by atoms with Gasteiger partial charge in [0.2, 0.25) is 0 Å². The second-order valence-corrected chi connectivity index (χ2v) is 6.66. The highest BCUT2D eigenvalue weighted by Crippen LogP contribution is 2.25. The van der Waals surface area contributed by atoms with E-state index < -0.39 is 0 Å². The van der Waals surface area contributed by atoms with Crippen LogP contribution >= 0.6 is 0 Å². The normalized spacial score (nSPS) is 12.5. The minimum absolute atomic E-state index is 0.157. The maximum atomic E-state index is 10.3. The summed E-state index contributed by atoms with van der Waals surface area (Å²) < 4.78 is 5.23. The van der Waals surface area contributed by atoms with Crippen molar-refractivity contribution >= 4 is 11.9 Å². The van der Waals surface area contributed by atoms with Crippen molar-refractivity contribution in [2.24, 2.45) is 4.99 Å². The van der Waals surface area contributed by atoms with Crippen molar-refractivity contribution in [1.29, 1.82) is 0 Å². The fourth-order valence-corrected chi connectivity index (χ4v) is 3.07. The molecule has 0 aliphatic heterocycles. The van der Waals surface area contributed by atoms with Crippen molar-refractivity contribution in [3.05, 3.63) is 53.6 Å². The van der Waals surface area contributed by atoms with E-state index in [-0.39, 0.29) is 11.8 Å². The molecule has 0 aromatic heterocycles. The van der Waals surface area contributed by atoms with Crippen molar-refractivity contribution in [1.82, 2.24) is 4.90 Å². The summed E-state index contributed by atoms with van der Waals surface area (Å²) >= 11 is 0. The number of likely N-dealkylation sites (N-methyl/N-ethyl adjacent to an activating group) is 1. The molecule has 0 saturated heterocycles. The van der Waals surface area contributed by atoms with Gasteiger partial charge in [0.15, 0.2) is 0 Å². The third-order valence-corrected chi connectivity index (χ3v) is 4.78. The Morgan fingerprint density at radius 3 is 2.26 bits per heavy atom. The SMILES string of the molecule is CCN(CC)c1ccc(C=NC[C@H](c2ccc(OC)cc2)N(C)C)c(O)c1. The van der Waals surface area contributed by atoms with Gasteiger partial charge in [-0.05, 0) is 57.8 Å². The monoisotopic (exact) mass is 369 g/mol. The van der Waals surface area contributed by atoms with E-state index in [4.69, 9.17) is 4.74 Å². The lowest BCUT2D eigenvalue weighted by Crippen LogP contribution is -2.22. The predicted molar refractivity (Wildman–Crippen MR) is 114 cm³/mol. The molecule has 27 heavy (non-hydrogen) atoms. The molecule has 146 valence electrons. The topological polar surface area (TPSA) is 48.3 Å². The standard InChI is InChI=1S/C22H31N3O2/c1-6-25(7-2)19-11-8-18(22(26)14-19)15-23-16-21(24(3)4)17-9-12-20(27-5)13-10-17/h8-15,21,26H,6-7,16H2,1-5H3/t21-/m1/s1. The molecule has 0 saturated carbocycles. The Morgan fingerprint density at radius 1 is 1.07 bits per heavy atom. The predicted octanol–water partition coefficient (Wildman–Crippen LogP) is 3.97. The lowest BCUT2D eigenvalue weighted by molar-refractivity contribution is 0.306. The molecule has 0 aliphatic rings. The highest BCUT2D eigenvalue weighted by atomic mass is 16.5. The van der Waals surface area contributed by atoms with Crippen LogP contribution in [0.4, 0.5) is 5.69 Å². The molecule has 0 fully saturated rings. The van der Waals surface area contributed by atoms with Gasteiger partial charge < -0.3 is 19.6 Å². The van der Waals surface area contributed by atoms with Gasteiger partial charge in [-0.3, -0.25) is 4.99 Å². The Labute approximate surface area is 162 Å². The molecule has 5 heteroatoms. The summed E-state index contributed by atoms with van der Waals surface area (Å²) in [7, 11) is 5.75. The average Bonchev–Trinajstić information content (AvgIpc) is 2.67. The van der Waals surface area contributed by atoms with Gasteiger partial charge in [0, 0.05) is 36.6 Å². The van der Waals surface area contributed by atoms with Crippen LogP contribution in [0.5, 0.6) is 11.5 Å². The minimum atomic E-state index is 0.157. The Kier molecular flexibility index (Phi) is 7.67. The van der Waals surface area contributed by atoms with Crippen LogP contribution in [0.15, 0.2) is 47.5 Å². The fourth-order valence-electron chi connectivity index (χ4n) is 3.07. The molecular weight excluding hydrogens is 338 g/mol. The van der Waals surface area contributed by atoms with Gasteiger partial charge in [0.1, 0.15) is 11.5 Å². The van der Waals surface area contributed by atoms with E-state index >= 15 is 0 Å². The molecule has 0 unspecified atom stereocenters. The van der Waals surface area contributed by atoms with Gasteiger partial charge in [0.25, 0.3) is 0 Å². The van der Waals surface area contributed by atoms with Crippen LogP contribution in [0.2, 0.25) is 0 Å². The zero-order chi connectivity index (χ0) is 19.8. The summed E-state index contributed by atoms with van der Waals surface area (Å²) in [6.45, 7) is 6.65. The number of aromatic hydroxyl groups is 1. The molecule has 0 heterocycles. The zero-order valence-electron chi connectivity index (χ0n) is 17.0. The third-order valence-electron chi connectivity index (χ3n) is 4.78. The third kappa shape index (κ3) is 5.47. The molecule has 5 nitrogen and oxygen atoms in total. The molecule has 0 bridgehead atoms. The Hall–Kier alpha value is -2.53. The van der Waals surface area contributed by atoms with Crippen LogP contribution in [0.25, 0.3) is 0 Å². The first-order valence-corrected chi connectivity index (χ1v) is 9.38. The van der Waals surface area contributed by atoms with E-state index in [1.54, 1.807) is 19.4 Å². The Morgan fingerprint density at radius 2 is 1.74 bits per heavy atom. The summed E-state index contributed by atoms with van der Waals surface area (Å²) in [5, 5.41) is 10.3. The van der Waals surface area contributed by atoms with Gasteiger partial charge in [0.05, 0.1) is 19.7 Å². The first kappa shape index (κ1) is 20.8. The van der Waals surface area contributed by atoms with E-state index in [1.807, 2.05) is 38.4 Å². The lowest BCUT2D eigenvalue weighted by Gasteiger charge is -2.23. The molecule has 0 aliphatic carbocycles. The smallest absolute Gasteiger partial charge is 0.126 e. The number of rotatable bonds is 9. The molecule has 2 aromatic carbocycles. The van der Waals surface area contributed by atoms with Crippen LogP contribution in [-0.4, -0.2) is 57.1 Å². The number of phenols is 1. The second kappa shape index (κ2) is 9.97. The van der Waals surface area contributed by atoms with Crippen molar-refractivity contribution in [3.63, 3.8) is 0 Å². The molecule has 1 N–H and O–H groups in total. The fraction of sp³-hybridized carbons (Fsp3) is 0.409. The first-order chi connectivity index (χ1) is 13.0. The van der Waals surface area contributed by atoms with Crippen molar-refractivity contribution in [2.45, 2.75) is 19.9 Å². The number of benzene rings is 2. The molecule has 1 atom stereocenters. The largest absolute Gasteiger partial charge is 0.507 e. The quantitative estimate of drug-likeness (QED) is 0.680. The number of aliphatic imine (C=N–C) groups is 1. The number of phenolic OH excluding ortho intramolecular Hbond substituents is 1. The van der Waals surface area contributed by atoms with Gasteiger partial charge in [-0.25, -0.2) is 0 Å². The van der Waals surface area contributed by atoms with Crippen LogP contribution < -0.4 is 9.64 Å². The second-order valence-electron chi connectivity index (χ2n) is 6.66. The number of nitrogens with zero attached hydrogens (tertiary/aromatic N) is 3. The number of anilines is 1. The summed E-state index contributed by atoms with van der Waals surface area (Å²) in [6, 6.07) is 14.0. The summed E-state index contributed by atoms with van der Waals surface area (Å²) in [5.41, 5.74) is 2.94. The van der Waals surface area contributed by atoms with Crippen LogP contribution in [-0.2, 0) is 0 Å². The molecule has 2 aromatic rings. The maximum absolute atomic E-state index is 10.3. The number of hydrogen-bond donors (Lipinski definition) is 1. The molecule has 0 spiro atoms. The maximum Gasteiger partial charge on any atom is 0.126 e. The highest BCUT2D eigenvalue weighted by Gasteiger charge is 2.13. The number of hydrogen-bond acceptors (Lipinski definition) is 5. The van der Waals surface area contributed by atoms with E-state index in [1.165, 1.54) is 5.56 Å². The van der Waals surface area contributed by atoms with Gasteiger partial charge in [-0.2, -0.15) is 0 Å². The van der Waals surface area contributed by atoms with Crippen molar-refractivity contribution in [2.75, 3.05) is 45.7 Å². The van der Waals surface area contributed by atoms with Crippen LogP contribution in [0.1, 0.15) is 31.0 Å². The van der Waals surface area contributed by atoms with Crippen molar-refractivity contribution in [3.8, 4) is 11.5 Å². The molecule has 0 amide bonds. The average molecular weight is 370 g/mol. The van der Waals surface area contributed by atoms with Crippen molar-refractivity contribution < 1.29 is 9.84 Å². The van der Waals surface area contributed by atoms with Gasteiger partial charge in [-0.1, -0.05) is 12.1 Å². The van der Waals surface area contributed by atoms with Crippen LogP contribution in [0, 0.1) is 0 Å². The highest BCUT2D eigenvalue weighted by molar-refractivity contribution is 5.84.